The van der Waals surface area contributed by atoms with Crippen molar-refractivity contribution in [1.82, 2.24) is 5.32 Å². The van der Waals surface area contributed by atoms with Crippen LogP contribution in [0.15, 0.2) is 0 Å². The lowest BCUT2D eigenvalue weighted by Gasteiger charge is -2.35. The molecule has 1 unspecified atom stereocenters. The summed E-state index contributed by atoms with van der Waals surface area (Å²) in [6.07, 6.45) is 4.61. The lowest BCUT2D eigenvalue weighted by Crippen LogP contribution is -2.42. The minimum absolute atomic E-state index is 0.0104. The Kier molecular flexibility index (Phi) is 5.92. The molecular weight excluding hydrogens is 218 g/mol. The summed E-state index contributed by atoms with van der Waals surface area (Å²) < 4.78 is 10.0. The number of rotatable bonds is 6. The number of nitrogens with one attached hydrogen (secondary N) is 1. The number of carbonyl (C=O) groups is 1. The molecule has 1 rings (SSSR count). The molecule has 4 heteroatoms. The fourth-order valence-electron chi connectivity index (χ4n) is 2.40. The van der Waals surface area contributed by atoms with E-state index in [0.717, 1.165) is 12.8 Å². The highest BCUT2D eigenvalue weighted by Gasteiger charge is 2.28. The molecular formula is C13H25NO3. The van der Waals surface area contributed by atoms with Crippen LogP contribution in [0.4, 0.5) is 0 Å². The van der Waals surface area contributed by atoms with E-state index in [1.165, 1.54) is 12.8 Å². The van der Waals surface area contributed by atoms with Gasteiger partial charge < -0.3 is 14.8 Å². The van der Waals surface area contributed by atoms with Crippen LogP contribution in [0, 0.1) is 5.41 Å². The Bertz CT molecular complexity index is 241. The zero-order valence-electron chi connectivity index (χ0n) is 11.3. The maximum Gasteiger partial charge on any atom is 0.246 e. The molecule has 0 aromatic rings. The largest absolute Gasteiger partial charge is 0.382 e. The van der Waals surface area contributed by atoms with Gasteiger partial charge in [-0.15, -0.1) is 0 Å². The van der Waals surface area contributed by atoms with Crippen molar-refractivity contribution in [2.24, 2.45) is 5.41 Å². The zero-order chi connectivity index (χ0) is 12.7. The first-order chi connectivity index (χ1) is 8.03. The average Bonchev–Trinajstić information content (AvgIpc) is 2.23. The van der Waals surface area contributed by atoms with Gasteiger partial charge in [-0.25, -0.2) is 0 Å². The number of ether oxygens (including phenoxy) is 2. The molecule has 0 aliphatic heterocycles. The molecule has 1 atom stereocenters. The van der Waals surface area contributed by atoms with Gasteiger partial charge in [0.05, 0.1) is 13.2 Å². The van der Waals surface area contributed by atoms with E-state index in [9.17, 15) is 4.79 Å². The monoisotopic (exact) mass is 243 g/mol. The SMILES string of the molecule is COCCOCC(=O)NC1CCCC(C)(C)C1. The number of carbonyl (C=O) groups excluding carboxylic acids is 1. The Hall–Kier alpha value is -0.610. The molecule has 0 heterocycles. The highest BCUT2D eigenvalue weighted by Crippen LogP contribution is 2.34. The predicted molar refractivity (Wildman–Crippen MR) is 66.9 cm³/mol. The van der Waals surface area contributed by atoms with Gasteiger partial charge in [0, 0.05) is 13.2 Å². The molecule has 0 aromatic carbocycles. The molecule has 1 aliphatic carbocycles. The van der Waals surface area contributed by atoms with Gasteiger partial charge in [0.2, 0.25) is 5.91 Å². The molecule has 1 amide bonds. The predicted octanol–water partition coefficient (Wildman–Crippen LogP) is 1.73. The quantitative estimate of drug-likeness (QED) is 0.723. The van der Waals surface area contributed by atoms with Crippen LogP contribution in [0.25, 0.3) is 0 Å². The van der Waals surface area contributed by atoms with Gasteiger partial charge in [-0.2, -0.15) is 0 Å². The number of amides is 1. The van der Waals surface area contributed by atoms with Crippen molar-refractivity contribution in [1.29, 1.82) is 0 Å². The Morgan fingerprint density at radius 3 is 2.82 bits per heavy atom. The van der Waals surface area contributed by atoms with Gasteiger partial charge in [0.25, 0.3) is 0 Å². The molecule has 1 aliphatic rings. The summed E-state index contributed by atoms with van der Waals surface area (Å²) in [4.78, 5) is 11.6. The van der Waals surface area contributed by atoms with E-state index in [4.69, 9.17) is 9.47 Å². The van der Waals surface area contributed by atoms with E-state index in [1.807, 2.05) is 0 Å². The number of hydrogen-bond donors (Lipinski definition) is 1. The van der Waals surface area contributed by atoms with E-state index >= 15 is 0 Å². The van der Waals surface area contributed by atoms with Crippen molar-refractivity contribution >= 4 is 5.91 Å². The van der Waals surface area contributed by atoms with Crippen molar-refractivity contribution in [3.05, 3.63) is 0 Å². The standard InChI is InChI=1S/C13H25NO3/c1-13(2)6-4-5-11(9-13)14-12(15)10-17-8-7-16-3/h11H,4-10H2,1-3H3,(H,14,15). The van der Waals surface area contributed by atoms with Gasteiger partial charge in [-0.3, -0.25) is 4.79 Å². The van der Waals surface area contributed by atoms with Gasteiger partial charge >= 0.3 is 0 Å². The number of methoxy groups -OCH3 is 1. The first-order valence-electron chi connectivity index (χ1n) is 6.39. The smallest absolute Gasteiger partial charge is 0.246 e. The van der Waals surface area contributed by atoms with Crippen molar-refractivity contribution < 1.29 is 14.3 Å². The second kappa shape index (κ2) is 6.97. The highest BCUT2D eigenvalue weighted by atomic mass is 16.5. The fourth-order valence-corrected chi connectivity index (χ4v) is 2.40. The van der Waals surface area contributed by atoms with Crippen molar-refractivity contribution in [2.45, 2.75) is 45.6 Å². The lowest BCUT2D eigenvalue weighted by molar-refractivity contribution is -0.127. The van der Waals surface area contributed by atoms with E-state index in [0.29, 0.717) is 24.7 Å². The van der Waals surface area contributed by atoms with Gasteiger partial charge in [-0.05, 0) is 24.7 Å². The highest BCUT2D eigenvalue weighted by molar-refractivity contribution is 5.77. The van der Waals surface area contributed by atoms with Crippen molar-refractivity contribution in [3.8, 4) is 0 Å². The van der Waals surface area contributed by atoms with E-state index in [2.05, 4.69) is 19.2 Å². The van der Waals surface area contributed by atoms with Crippen LogP contribution in [0.1, 0.15) is 39.5 Å². The summed E-state index contributed by atoms with van der Waals surface area (Å²) in [5.41, 5.74) is 0.354. The minimum atomic E-state index is -0.0104. The van der Waals surface area contributed by atoms with Gasteiger partial charge in [-0.1, -0.05) is 20.3 Å². The molecule has 0 bridgehead atoms. The Labute approximate surface area is 104 Å². The second-order valence-electron chi connectivity index (χ2n) is 5.57. The summed E-state index contributed by atoms with van der Waals surface area (Å²) in [6.45, 7) is 5.67. The maximum absolute atomic E-state index is 11.6. The second-order valence-corrected chi connectivity index (χ2v) is 5.57. The summed E-state index contributed by atoms with van der Waals surface area (Å²) >= 11 is 0. The molecule has 17 heavy (non-hydrogen) atoms. The molecule has 0 spiro atoms. The molecule has 1 N–H and O–H groups in total. The van der Waals surface area contributed by atoms with Crippen molar-refractivity contribution in [3.63, 3.8) is 0 Å². The molecule has 1 saturated carbocycles. The van der Waals surface area contributed by atoms with Crippen LogP contribution in [0.2, 0.25) is 0 Å². The average molecular weight is 243 g/mol. The van der Waals surface area contributed by atoms with E-state index in [1.54, 1.807) is 7.11 Å². The van der Waals surface area contributed by atoms with Crippen LogP contribution < -0.4 is 5.32 Å². The first-order valence-corrected chi connectivity index (χ1v) is 6.39. The summed E-state index contributed by atoms with van der Waals surface area (Å²) in [5.74, 6) is -0.0104. The summed E-state index contributed by atoms with van der Waals surface area (Å²) in [7, 11) is 1.62. The third kappa shape index (κ3) is 6.03. The molecule has 4 nitrogen and oxygen atoms in total. The Balaban J connectivity index is 2.17. The molecule has 100 valence electrons. The fraction of sp³-hybridized carbons (Fsp3) is 0.923. The van der Waals surface area contributed by atoms with Crippen LogP contribution >= 0.6 is 0 Å². The Morgan fingerprint density at radius 1 is 1.41 bits per heavy atom. The molecule has 0 saturated heterocycles. The van der Waals surface area contributed by atoms with Crippen LogP contribution in [-0.4, -0.2) is 38.9 Å². The normalized spacial score (nSPS) is 23.4. The molecule has 0 radical (unpaired) electrons. The van der Waals surface area contributed by atoms with E-state index in [-0.39, 0.29) is 12.5 Å². The first kappa shape index (κ1) is 14.5. The van der Waals surface area contributed by atoms with Crippen LogP contribution in [-0.2, 0) is 14.3 Å². The third-order valence-electron chi connectivity index (χ3n) is 3.24. The topological polar surface area (TPSA) is 47.6 Å². The summed E-state index contributed by atoms with van der Waals surface area (Å²) in [6, 6.07) is 0.317. The lowest BCUT2D eigenvalue weighted by atomic mass is 9.75. The Morgan fingerprint density at radius 2 is 2.18 bits per heavy atom. The van der Waals surface area contributed by atoms with Gasteiger partial charge in [0.1, 0.15) is 6.61 Å². The molecule has 0 aromatic heterocycles. The van der Waals surface area contributed by atoms with Crippen LogP contribution in [0.5, 0.6) is 0 Å². The molecule has 1 fully saturated rings. The van der Waals surface area contributed by atoms with E-state index < -0.39 is 0 Å². The number of hydrogen-bond acceptors (Lipinski definition) is 3. The maximum atomic E-state index is 11.6. The van der Waals surface area contributed by atoms with Crippen molar-refractivity contribution in [2.75, 3.05) is 26.9 Å². The van der Waals surface area contributed by atoms with Gasteiger partial charge in [0.15, 0.2) is 0 Å². The summed E-state index contributed by atoms with van der Waals surface area (Å²) in [5, 5.41) is 3.05. The minimum Gasteiger partial charge on any atom is -0.382 e. The third-order valence-corrected chi connectivity index (χ3v) is 3.24. The van der Waals surface area contributed by atoms with Crippen LogP contribution in [0.3, 0.4) is 0 Å². The zero-order valence-corrected chi connectivity index (χ0v) is 11.3.